The third-order valence-electron chi connectivity index (χ3n) is 5.43. The van der Waals surface area contributed by atoms with Gasteiger partial charge >= 0.3 is 0 Å². The van der Waals surface area contributed by atoms with Crippen molar-refractivity contribution in [2.75, 3.05) is 13.1 Å². The molecule has 166 valence electrons. The van der Waals surface area contributed by atoms with Crippen LogP contribution in [0.25, 0.3) is 5.70 Å². The summed E-state index contributed by atoms with van der Waals surface area (Å²) in [5.41, 5.74) is 13.4. The number of nitrogens with zero attached hydrogens (tertiary/aromatic N) is 2. The smallest absolute Gasteiger partial charge is 0.276 e. The van der Waals surface area contributed by atoms with Crippen LogP contribution in [0, 0.1) is 17.6 Å². The van der Waals surface area contributed by atoms with Crippen molar-refractivity contribution in [1.82, 2.24) is 10.1 Å². The molecule has 1 unspecified atom stereocenters. The second-order valence-electron chi connectivity index (χ2n) is 7.45. The van der Waals surface area contributed by atoms with Crippen molar-refractivity contribution in [3.05, 3.63) is 70.3 Å². The molecule has 1 aliphatic rings. The summed E-state index contributed by atoms with van der Waals surface area (Å²) in [7, 11) is 0. The Kier molecular flexibility index (Phi) is 7.06. The van der Waals surface area contributed by atoms with Crippen LogP contribution in [0.5, 0.6) is 0 Å². The summed E-state index contributed by atoms with van der Waals surface area (Å²) in [6, 6.07) is 4.98. The summed E-state index contributed by atoms with van der Waals surface area (Å²) >= 11 is 0. The lowest BCUT2D eigenvalue weighted by atomic mass is 9.86. The van der Waals surface area contributed by atoms with Gasteiger partial charge in [-0.25, -0.2) is 8.78 Å². The lowest BCUT2D eigenvalue weighted by Gasteiger charge is -2.30. The molecule has 0 saturated carbocycles. The van der Waals surface area contributed by atoms with E-state index >= 15 is 0 Å². The molecule has 5 N–H and O–H groups in total. The molecule has 1 amide bonds. The van der Waals surface area contributed by atoms with Crippen LogP contribution >= 0.6 is 0 Å². The van der Waals surface area contributed by atoms with Crippen LogP contribution in [0.3, 0.4) is 0 Å². The zero-order valence-electron chi connectivity index (χ0n) is 17.3. The number of hydrogen-bond donors (Lipinski definition) is 3. The molecule has 31 heavy (non-hydrogen) atoms. The Labute approximate surface area is 179 Å². The molecule has 0 saturated heterocycles. The van der Waals surface area contributed by atoms with Gasteiger partial charge in [-0.3, -0.25) is 4.79 Å². The molecule has 1 aromatic heterocycles. The number of rotatable bonds is 7. The summed E-state index contributed by atoms with van der Waals surface area (Å²) < 4.78 is 33.0. The van der Waals surface area contributed by atoms with Crippen molar-refractivity contribution >= 4 is 11.6 Å². The highest BCUT2D eigenvalue weighted by atomic mass is 19.1. The molecule has 9 heteroatoms. The van der Waals surface area contributed by atoms with Gasteiger partial charge in [-0.15, -0.1) is 0 Å². The van der Waals surface area contributed by atoms with Crippen molar-refractivity contribution in [3.63, 3.8) is 0 Å². The minimum Gasteiger partial charge on any atom is -0.402 e. The van der Waals surface area contributed by atoms with E-state index in [-0.39, 0.29) is 41.1 Å². The van der Waals surface area contributed by atoms with Gasteiger partial charge in [0, 0.05) is 36.5 Å². The van der Waals surface area contributed by atoms with E-state index in [0.29, 0.717) is 30.8 Å². The average Bonchev–Trinajstić information content (AvgIpc) is 3.23. The largest absolute Gasteiger partial charge is 0.402 e. The van der Waals surface area contributed by atoms with Crippen molar-refractivity contribution in [2.45, 2.75) is 32.8 Å². The first-order valence-electron chi connectivity index (χ1n) is 10.1. The Morgan fingerprint density at radius 2 is 2.10 bits per heavy atom. The van der Waals surface area contributed by atoms with E-state index < -0.39 is 11.6 Å². The van der Waals surface area contributed by atoms with Crippen LogP contribution in [0.2, 0.25) is 0 Å². The maximum Gasteiger partial charge on any atom is 0.276 e. The number of carbonyl (C=O) groups excluding carboxylic acids is 1. The summed E-state index contributed by atoms with van der Waals surface area (Å²) in [4.78, 5) is 14.4. The van der Waals surface area contributed by atoms with E-state index in [0.717, 1.165) is 25.0 Å². The Bertz CT molecular complexity index is 996. The van der Waals surface area contributed by atoms with Gasteiger partial charge in [-0.1, -0.05) is 11.2 Å². The van der Waals surface area contributed by atoms with Gasteiger partial charge in [-0.05, 0) is 50.0 Å². The second-order valence-corrected chi connectivity index (χ2v) is 7.45. The fourth-order valence-electron chi connectivity index (χ4n) is 3.75. The molecule has 3 rings (SSSR count). The molecule has 7 nitrogen and oxygen atoms in total. The highest BCUT2D eigenvalue weighted by Gasteiger charge is 2.26. The molecule has 1 aromatic carbocycles. The fraction of sp³-hybridized carbons (Fsp3) is 0.364. The Balaban J connectivity index is 1.82. The Hall–Kier alpha value is -3.20. The van der Waals surface area contributed by atoms with E-state index in [1.165, 1.54) is 18.2 Å². The summed E-state index contributed by atoms with van der Waals surface area (Å²) in [6.45, 7) is 2.28. The standard InChI is InChI=1S/C22H26F2N4O3/c1-2-28(22(30)19-10-15(12-29)31-27-19)11-14-6-3-5-13(21(14)26)9-18(25)20-16(23)7-4-8-17(20)24/h4,7-10,14,29H,2-3,5-6,11-12,25-26H2,1H3/b18-9-. The van der Waals surface area contributed by atoms with Crippen molar-refractivity contribution in [3.8, 4) is 0 Å². The molecule has 1 heterocycles. The van der Waals surface area contributed by atoms with Crippen molar-refractivity contribution < 1.29 is 23.2 Å². The van der Waals surface area contributed by atoms with Gasteiger partial charge in [0.25, 0.3) is 5.91 Å². The number of allylic oxidation sites excluding steroid dienone is 2. The predicted molar refractivity (Wildman–Crippen MR) is 111 cm³/mol. The van der Waals surface area contributed by atoms with E-state index in [9.17, 15) is 13.6 Å². The molecular formula is C22H26F2N4O3. The van der Waals surface area contributed by atoms with Gasteiger partial charge in [-0.2, -0.15) is 0 Å². The van der Waals surface area contributed by atoms with Crippen molar-refractivity contribution in [1.29, 1.82) is 0 Å². The maximum atomic E-state index is 14.0. The fourth-order valence-corrected chi connectivity index (χ4v) is 3.75. The topological polar surface area (TPSA) is 119 Å². The predicted octanol–water partition coefficient (Wildman–Crippen LogP) is 2.92. The van der Waals surface area contributed by atoms with Crippen LogP contribution in [0.4, 0.5) is 8.78 Å². The van der Waals surface area contributed by atoms with Gasteiger partial charge < -0.3 is 26.0 Å². The third-order valence-corrected chi connectivity index (χ3v) is 5.43. The van der Waals surface area contributed by atoms with E-state index in [4.69, 9.17) is 21.1 Å². The lowest BCUT2D eigenvalue weighted by Crippen LogP contribution is -2.38. The number of nitrogens with two attached hydrogens (primary N) is 2. The normalized spacial score (nSPS) is 17.2. The monoisotopic (exact) mass is 432 g/mol. The number of aliphatic hydroxyl groups is 1. The Morgan fingerprint density at radius 3 is 2.71 bits per heavy atom. The minimum absolute atomic E-state index is 0.0308. The molecule has 0 aliphatic heterocycles. The molecule has 0 bridgehead atoms. The summed E-state index contributed by atoms with van der Waals surface area (Å²) in [5, 5.41) is 12.8. The lowest BCUT2D eigenvalue weighted by molar-refractivity contribution is 0.0730. The number of aliphatic hydroxyl groups excluding tert-OH is 1. The van der Waals surface area contributed by atoms with Crippen LogP contribution in [-0.2, 0) is 6.61 Å². The molecule has 0 fully saturated rings. The maximum absolute atomic E-state index is 14.0. The zero-order chi connectivity index (χ0) is 22.5. The molecule has 0 spiro atoms. The second kappa shape index (κ2) is 9.74. The molecule has 0 radical (unpaired) electrons. The first-order chi connectivity index (χ1) is 14.8. The van der Waals surface area contributed by atoms with Crippen molar-refractivity contribution in [2.24, 2.45) is 17.4 Å². The number of halogens is 2. The van der Waals surface area contributed by atoms with E-state index in [1.807, 2.05) is 6.92 Å². The molecule has 2 aromatic rings. The summed E-state index contributed by atoms with van der Waals surface area (Å²) in [5.74, 6) is -1.73. The highest BCUT2D eigenvalue weighted by molar-refractivity contribution is 5.92. The number of carbonyl (C=O) groups is 1. The summed E-state index contributed by atoms with van der Waals surface area (Å²) in [6.07, 6.45) is 3.71. The number of hydrogen-bond acceptors (Lipinski definition) is 6. The quantitative estimate of drug-likeness (QED) is 0.619. The molecular weight excluding hydrogens is 406 g/mol. The van der Waals surface area contributed by atoms with E-state index in [2.05, 4.69) is 5.16 Å². The van der Waals surface area contributed by atoms with Gasteiger partial charge in [0.2, 0.25) is 0 Å². The minimum atomic E-state index is -0.738. The third kappa shape index (κ3) is 4.93. The van der Waals surface area contributed by atoms with Gasteiger partial charge in [0.1, 0.15) is 18.2 Å². The molecule has 1 aliphatic carbocycles. The van der Waals surface area contributed by atoms with Crippen LogP contribution in [0.15, 0.2) is 46.1 Å². The van der Waals surface area contributed by atoms with Crippen LogP contribution in [-0.4, -0.2) is 34.2 Å². The zero-order valence-corrected chi connectivity index (χ0v) is 17.3. The molecule has 1 atom stereocenters. The van der Waals surface area contributed by atoms with Crippen LogP contribution < -0.4 is 11.5 Å². The van der Waals surface area contributed by atoms with Gasteiger partial charge in [0.15, 0.2) is 11.5 Å². The highest BCUT2D eigenvalue weighted by Crippen LogP contribution is 2.31. The van der Waals surface area contributed by atoms with Gasteiger partial charge in [0.05, 0.1) is 5.56 Å². The first-order valence-corrected chi connectivity index (χ1v) is 10.1. The van der Waals surface area contributed by atoms with E-state index in [1.54, 1.807) is 4.90 Å². The SMILES string of the molecule is CCN(CC1CCCC(/C=C(\N)c2c(F)cccc2F)=C1N)C(=O)c1cc(CO)on1. The van der Waals surface area contributed by atoms with Crippen LogP contribution in [0.1, 0.15) is 48.0 Å². The number of benzene rings is 1. The first kappa shape index (κ1) is 22.5. The number of amides is 1. The number of aromatic nitrogens is 1. The average molecular weight is 432 g/mol. The Morgan fingerprint density at radius 1 is 1.39 bits per heavy atom.